The molecule has 0 N–H and O–H groups in total. The summed E-state index contributed by atoms with van der Waals surface area (Å²) in [6, 6.07) is 1.78. The zero-order chi connectivity index (χ0) is 11.4. The van der Waals surface area contributed by atoms with Gasteiger partial charge >= 0.3 is 0 Å². The molecular formula is C11H15N3O. The molecule has 0 aliphatic heterocycles. The van der Waals surface area contributed by atoms with Crippen molar-refractivity contribution < 1.29 is 4.79 Å². The summed E-state index contributed by atoms with van der Waals surface area (Å²) in [5.41, 5.74) is 1.43. The molecule has 1 aromatic rings. The van der Waals surface area contributed by atoms with Crippen LogP contribution < -0.4 is 0 Å². The highest BCUT2D eigenvalue weighted by atomic mass is 16.2. The van der Waals surface area contributed by atoms with Gasteiger partial charge in [-0.25, -0.2) is 0 Å². The number of hydrogen-bond donors (Lipinski definition) is 0. The molecule has 0 bridgehead atoms. The average molecular weight is 205 g/mol. The first kappa shape index (κ1) is 11.3. The van der Waals surface area contributed by atoms with Crippen LogP contribution in [0.1, 0.15) is 23.1 Å². The minimum Gasteiger partial charge on any atom is -0.329 e. The molecule has 0 aliphatic carbocycles. The Hall–Kier alpha value is -1.76. The second-order valence-corrected chi connectivity index (χ2v) is 3.35. The lowest BCUT2D eigenvalue weighted by Crippen LogP contribution is -2.29. The lowest BCUT2D eigenvalue weighted by molar-refractivity contribution is 0.0800. The Morgan fingerprint density at radius 1 is 1.73 bits per heavy atom. The molecule has 4 heteroatoms. The first-order chi connectivity index (χ1) is 7.10. The Kier molecular flexibility index (Phi) is 3.51. The maximum absolute atomic E-state index is 11.9. The van der Waals surface area contributed by atoms with Gasteiger partial charge < -0.3 is 4.90 Å². The molecule has 1 amide bonds. The first-order valence-corrected chi connectivity index (χ1v) is 4.83. The van der Waals surface area contributed by atoms with Gasteiger partial charge in [0.1, 0.15) is 5.69 Å². The van der Waals surface area contributed by atoms with E-state index in [-0.39, 0.29) is 5.91 Å². The van der Waals surface area contributed by atoms with Gasteiger partial charge in [0.2, 0.25) is 0 Å². The van der Waals surface area contributed by atoms with Crippen molar-refractivity contribution in [3.05, 3.63) is 17.5 Å². The smallest absolute Gasteiger partial charge is 0.272 e. The van der Waals surface area contributed by atoms with E-state index in [4.69, 9.17) is 6.42 Å². The number of nitrogens with zero attached hydrogens (tertiary/aromatic N) is 3. The van der Waals surface area contributed by atoms with Gasteiger partial charge in [0.15, 0.2) is 0 Å². The van der Waals surface area contributed by atoms with E-state index in [0.717, 1.165) is 5.69 Å². The molecule has 0 aromatic carbocycles. The fraction of sp³-hybridized carbons (Fsp3) is 0.455. The molecule has 80 valence electrons. The number of rotatable bonds is 3. The van der Waals surface area contributed by atoms with Gasteiger partial charge in [0.05, 0.1) is 12.2 Å². The van der Waals surface area contributed by atoms with Crippen LogP contribution in [0, 0.1) is 19.3 Å². The van der Waals surface area contributed by atoms with Crippen molar-refractivity contribution >= 4 is 5.91 Å². The van der Waals surface area contributed by atoms with Gasteiger partial charge in [-0.15, -0.1) is 6.42 Å². The predicted molar refractivity (Wildman–Crippen MR) is 58.4 cm³/mol. The van der Waals surface area contributed by atoms with Gasteiger partial charge in [0.25, 0.3) is 5.91 Å². The molecule has 1 rings (SSSR count). The molecule has 0 saturated heterocycles. The molecule has 0 atom stereocenters. The van der Waals surface area contributed by atoms with Crippen LogP contribution in [0.25, 0.3) is 0 Å². The summed E-state index contributed by atoms with van der Waals surface area (Å²) in [6.45, 7) is 4.81. The van der Waals surface area contributed by atoms with Crippen molar-refractivity contribution in [2.45, 2.75) is 20.4 Å². The summed E-state index contributed by atoms with van der Waals surface area (Å²) in [5, 5.41) is 4.21. The third-order valence-electron chi connectivity index (χ3n) is 2.10. The number of hydrogen-bond acceptors (Lipinski definition) is 2. The Balaban J connectivity index is 2.95. The lowest BCUT2D eigenvalue weighted by Gasteiger charge is -2.13. The minimum atomic E-state index is -0.0876. The molecule has 0 unspecified atom stereocenters. The quantitative estimate of drug-likeness (QED) is 0.688. The van der Waals surface area contributed by atoms with Crippen molar-refractivity contribution in [2.24, 2.45) is 0 Å². The molecule has 0 radical (unpaired) electrons. The second kappa shape index (κ2) is 4.65. The van der Waals surface area contributed by atoms with Crippen molar-refractivity contribution in [1.82, 2.24) is 14.7 Å². The van der Waals surface area contributed by atoms with E-state index in [1.807, 2.05) is 13.8 Å². The number of carbonyl (C=O) groups excluding carboxylic acids is 1. The zero-order valence-electron chi connectivity index (χ0n) is 9.32. The van der Waals surface area contributed by atoms with Crippen LogP contribution in [0.5, 0.6) is 0 Å². The van der Waals surface area contributed by atoms with Crippen molar-refractivity contribution in [2.75, 3.05) is 13.6 Å². The molecule has 4 nitrogen and oxygen atoms in total. The van der Waals surface area contributed by atoms with Gasteiger partial charge in [-0.1, -0.05) is 5.92 Å². The molecule has 0 fully saturated rings. The number of aryl methyl sites for hydroxylation is 2. The van der Waals surface area contributed by atoms with Gasteiger partial charge in [-0.05, 0) is 19.9 Å². The number of terminal acetylenes is 1. The third kappa shape index (κ3) is 2.38. The van der Waals surface area contributed by atoms with E-state index in [2.05, 4.69) is 11.0 Å². The molecule has 1 heterocycles. The largest absolute Gasteiger partial charge is 0.329 e. The zero-order valence-corrected chi connectivity index (χ0v) is 9.32. The fourth-order valence-electron chi connectivity index (χ4n) is 1.36. The summed E-state index contributed by atoms with van der Waals surface area (Å²) >= 11 is 0. The number of carbonyl (C=O) groups is 1. The number of aromatic nitrogens is 2. The highest BCUT2D eigenvalue weighted by Crippen LogP contribution is 2.06. The van der Waals surface area contributed by atoms with E-state index in [9.17, 15) is 4.79 Å². The van der Waals surface area contributed by atoms with Crippen molar-refractivity contribution in [3.63, 3.8) is 0 Å². The van der Waals surface area contributed by atoms with Crippen LogP contribution >= 0.6 is 0 Å². The normalized spacial score (nSPS) is 9.73. The van der Waals surface area contributed by atoms with Crippen LogP contribution in [-0.2, 0) is 6.54 Å². The summed E-state index contributed by atoms with van der Waals surface area (Å²) in [6.07, 6.45) is 5.15. The molecule has 0 spiro atoms. The van der Waals surface area contributed by atoms with E-state index >= 15 is 0 Å². The first-order valence-electron chi connectivity index (χ1n) is 4.83. The number of amides is 1. The van der Waals surface area contributed by atoms with Crippen LogP contribution in [0.4, 0.5) is 0 Å². The summed E-state index contributed by atoms with van der Waals surface area (Å²) in [7, 11) is 1.69. The van der Waals surface area contributed by atoms with Gasteiger partial charge in [-0.2, -0.15) is 5.10 Å². The standard InChI is InChI=1S/C11H15N3O/c1-5-7-13(4)11(15)10-8-9(3)12-14(10)6-2/h1,8H,6-7H2,2-4H3. The Labute approximate surface area is 89.9 Å². The topological polar surface area (TPSA) is 38.1 Å². The van der Waals surface area contributed by atoms with Crippen molar-refractivity contribution in [1.29, 1.82) is 0 Å². The van der Waals surface area contributed by atoms with Gasteiger partial charge in [0, 0.05) is 13.6 Å². The SMILES string of the molecule is C#CCN(C)C(=O)c1cc(C)nn1CC. The van der Waals surface area contributed by atoms with E-state index < -0.39 is 0 Å². The molecule has 0 saturated carbocycles. The lowest BCUT2D eigenvalue weighted by atomic mass is 10.3. The third-order valence-corrected chi connectivity index (χ3v) is 2.10. The molecular weight excluding hydrogens is 190 g/mol. The van der Waals surface area contributed by atoms with Crippen molar-refractivity contribution in [3.8, 4) is 12.3 Å². The molecule has 15 heavy (non-hydrogen) atoms. The molecule has 1 aromatic heterocycles. The maximum atomic E-state index is 11.9. The highest BCUT2D eigenvalue weighted by molar-refractivity contribution is 5.92. The second-order valence-electron chi connectivity index (χ2n) is 3.35. The Morgan fingerprint density at radius 2 is 2.40 bits per heavy atom. The summed E-state index contributed by atoms with van der Waals surface area (Å²) in [4.78, 5) is 13.4. The summed E-state index contributed by atoms with van der Waals surface area (Å²) < 4.78 is 1.69. The van der Waals surface area contributed by atoms with Gasteiger partial charge in [-0.3, -0.25) is 9.48 Å². The average Bonchev–Trinajstić information content (AvgIpc) is 2.58. The minimum absolute atomic E-state index is 0.0876. The van der Waals surface area contributed by atoms with E-state index in [1.165, 1.54) is 4.90 Å². The fourth-order valence-corrected chi connectivity index (χ4v) is 1.36. The Bertz CT molecular complexity index is 400. The van der Waals surface area contributed by atoms with Crippen LogP contribution in [0.3, 0.4) is 0 Å². The summed E-state index contributed by atoms with van der Waals surface area (Å²) in [5.74, 6) is 2.35. The van der Waals surface area contributed by atoms with Crippen LogP contribution in [-0.4, -0.2) is 34.2 Å². The van der Waals surface area contributed by atoms with Crippen LogP contribution in [0.15, 0.2) is 6.07 Å². The Morgan fingerprint density at radius 3 is 2.93 bits per heavy atom. The maximum Gasteiger partial charge on any atom is 0.272 e. The molecule has 0 aliphatic rings. The predicted octanol–water partition coefficient (Wildman–Crippen LogP) is 0.917. The van der Waals surface area contributed by atoms with E-state index in [1.54, 1.807) is 17.8 Å². The van der Waals surface area contributed by atoms with E-state index in [0.29, 0.717) is 18.8 Å². The highest BCUT2D eigenvalue weighted by Gasteiger charge is 2.16. The monoisotopic (exact) mass is 205 g/mol. The van der Waals surface area contributed by atoms with Crippen LogP contribution in [0.2, 0.25) is 0 Å².